The molecule has 0 fully saturated rings. The summed E-state index contributed by atoms with van der Waals surface area (Å²) >= 11 is 1.21. The van der Waals surface area contributed by atoms with Crippen LogP contribution in [0.1, 0.15) is 34.3 Å². The molecule has 0 spiro atoms. The number of sulfone groups is 1. The van der Waals surface area contributed by atoms with E-state index in [1.807, 2.05) is 6.92 Å². The van der Waals surface area contributed by atoms with Crippen molar-refractivity contribution in [3.8, 4) is 5.75 Å². The molecule has 0 atom stereocenters. The third-order valence-corrected chi connectivity index (χ3v) is 4.55. The first-order chi connectivity index (χ1) is 8.83. The van der Waals surface area contributed by atoms with Crippen LogP contribution in [0.2, 0.25) is 0 Å². The van der Waals surface area contributed by atoms with Gasteiger partial charge >= 0.3 is 5.97 Å². The highest BCUT2D eigenvalue weighted by Crippen LogP contribution is 2.30. The van der Waals surface area contributed by atoms with Crippen LogP contribution in [0.3, 0.4) is 0 Å². The minimum absolute atomic E-state index is 0.0430. The molecular weight excluding hydrogens is 288 g/mol. The summed E-state index contributed by atoms with van der Waals surface area (Å²) in [5.74, 6) is -0.624. The third-order valence-electron chi connectivity index (χ3n) is 2.36. The Labute approximate surface area is 117 Å². The fraction of sp³-hybridized carbons (Fsp3) is 0.583. The molecule has 19 heavy (non-hydrogen) atoms. The summed E-state index contributed by atoms with van der Waals surface area (Å²) in [6.07, 6.45) is 3.28. The van der Waals surface area contributed by atoms with Crippen molar-refractivity contribution in [3.63, 3.8) is 0 Å². The molecular formula is C12H18O5S2. The molecule has 0 aromatic carbocycles. The fourth-order valence-electron chi connectivity index (χ4n) is 1.55. The number of hydrogen-bond donors (Lipinski definition) is 1. The van der Waals surface area contributed by atoms with Crippen molar-refractivity contribution < 1.29 is 23.1 Å². The zero-order chi connectivity index (χ0) is 14.5. The standard InChI is InChI=1S/C12H18O5S2/c1-3-5-9-8-10(11(18-9)12(13)14)17-6-4-7-19(2,15)16/h8H,3-7H2,1-2H3,(H,13,14). The van der Waals surface area contributed by atoms with Crippen LogP contribution in [0.25, 0.3) is 0 Å². The second kappa shape index (κ2) is 6.91. The molecule has 5 nitrogen and oxygen atoms in total. The Balaban J connectivity index is 2.63. The Morgan fingerprint density at radius 1 is 1.47 bits per heavy atom. The lowest BCUT2D eigenvalue weighted by Crippen LogP contribution is -2.08. The summed E-state index contributed by atoms with van der Waals surface area (Å²) in [6, 6.07) is 1.73. The van der Waals surface area contributed by atoms with E-state index in [9.17, 15) is 13.2 Å². The molecule has 1 N–H and O–H groups in total. The number of carboxylic acid groups (broad SMARTS) is 1. The van der Waals surface area contributed by atoms with Gasteiger partial charge in [-0.2, -0.15) is 0 Å². The molecule has 0 aliphatic rings. The van der Waals surface area contributed by atoms with Gasteiger partial charge in [-0.25, -0.2) is 13.2 Å². The Morgan fingerprint density at radius 3 is 2.68 bits per heavy atom. The van der Waals surface area contributed by atoms with Gasteiger partial charge in [0.15, 0.2) is 4.88 Å². The summed E-state index contributed by atoms with van der Waals surface area (Å²) in [5.41, 5.74) is 0. The SMILES string of the molecule is CCCc1cc(OCCCS(C)(=O)=O)c(C(=O)O)s1. The van der Waals surface area contributed by atoms with Crippen LogP contribution in [-0.4, -0.2) is 38.1 Å². The normalized spacial score (nSPS) is 11.5. The molecule has 0 bridgehead atoms. The van der Waals surface area contributed by atoms with Crippen molar-refractivity contribution >= 4 is 27.1 Å². The van der Waals surface area contributed by atoms with Crippen LogP contribution in [0.4, 0.5) is 0 Å². The van der Waals surface area contributed by atoms with Crippen molar-refractivity contribution in [2.75, 3.05) is 18.6 Å². The highest BCUT2D eigenvalue weighted by atomic mass is 32.2. The topological polar surface area (TPSA) is 80.7 Å². The number of carbonyl (C=O) groups is 1. The molecule has 1 heterocycles. The van der Waals surface area contributed by atoms with E-state index in [4.69, 9.17) is 9.84 Å². The van der Waals surface area contributed by atoms with E-state index in [-0.39, 0.29) is 17.2 Å². The van der Waals surface area contributed by atoms with Crippen LogP contribution in [0, 0.1) is 0 Å². The van der Waals surface area contributed by atoms with Gasteiger partial charge in [0.25, 0.3) is 0 Å². The molecule has 0 amide bonds. The van der Waals surface area contributed by atoms with E-state index >= 15 is 0 Å². The number of ether oxygens (including phenoxy) is 1. The zero-order valence-electron chi connectivity index (χ0n) is 11.0. The lowest BCUT2D eigenvalue weighted by molar-refractivity contribution is 0.0698. The van der Waals surface area contributed by atoms with Crippen molar-refractivity contribution in [1.82, 2.24) is 0 Å². The van der Waals surface area contributed by atoms with Crippen molar-refractivity contribution in [3.05, 3.63) is 15.8 Å². The number of thiophene rings is 1. The Bertz CT molecular complexity index is 530. The number of aromatic carboxylic acids is 1. The maximum atomic E-state index is 11.1. The lowest BCUT2D eigenvalue weighted by Gasteiger charge is -2.04. The largest absolute Gasteiger partial charge is 0.492 e. The van der Waals surface area contributed by atoms with Gasteiger partial charge in [-0.1, -0.05) is 13.3 Å². The minimum atomic E-state index is -3.00. The minimum Gasteiger partial charge on any atom is -0.492 e. The summed E-state index contributed by atoms with van der Waals surface area (Å²) in [4.78, 5) is 12.2. The van der Waals surface area contributed by atoms with Gasteiger partial charge in [0.1, 0.15) is 15.6 Å². The molecule has 0 radical (unpaired) electrons. The van der Waals surface area contributed by atoms with Crippen LogP contribution in [0.5, 0.6) is 5.75 Å². The van der Waals surface area contributed by atoms with Crippen LogP contribution in [0.15, 0.2) is 6.07 Å². The third kappa shape index (κ3) is 5.61. The number of rotatable bonds is 8. The highest BCUT2D eigenvalue weighted by Gasteiger charge is 2.16. The van der Waals surface area contributed by atoms with Crippen molar-refractivity contribution in [2.24, 2.45) is 0 Å². The average Bonchev–Trinajstić information content (AvgIpc) is 2.67. The van der Waals surface area contributed by atoms with Crippen molar-refractivity contribution in [2.45, 2.75) is 26.2 Å². The van der Waals surface area contributed by atoms with Crippen LogP contribution >= 0.6 is 11.3 Å². The Hall–Kier alpha value is -1.08. The zero-order valence-corrected chi connectivity index (χ0v) is 12.6. The predicted octanol–water partition coefficient (Wildman–Crippen LogP) is 2.21. The van der Waals surface area contributed by atoms with Gasteiger partial charge in [-0.3, -0.25) is 0 Å². The second-order valence-electron chi connectivity index (χ2n) is 4.29. The number of aryl methyl sites for hydroxylation is 1. The summed E-state index contributed by atoms with van der Waals surface area (Å²) in [7, 11) is -3.00. The smallest absolute Gasteiger partial charge is 0.349 e. The van der Waals surface area contributed by atoms with Gasteiger partial charge < -0.3 is 9.84 Å². The van der Waals surface area contributed by atoms with Crippen LogP contribution < -0.4 is 4.74 Å². The molecule has 0 unspecified atom stereocenters. The van der Waals surface area contributed by atoms with Gasteiger partial charge in [0.2, 0.25) is 0 Å². The lowest BCUT2D eigenvalue weighted by atomic mass is 10.3. The molecule has 108 valence electrons. The molecule has 1 aromatic rings. The monoisotopic (exact) mass is 306 g/mol. The Morgan fingerprint density at radius 2 is 2.16 bits per heavy atom. The number of carboxylic acids is 1. The maximum absolute atomic E-state index is 11.1. The highest BCUT2D eigenvalue weighted by molar-refractivity contribution is 7.90. The molecule has 0 saturated carbocycles. The Kier molecular flexibility index (Phi) is 5.81. The van der Waals surface area contributed by atoms with Crippen LogP contribution in [-0.2, 0) is 16.3 Å². The average molecular weight is 306 g/mol. The number of hydrogen-bond acceptors (Lipinski definition) is 5. The van der Waals surface area contributed by atoms with E-state index in [1.54, 1.807) is 6.07 Å². The van der Waals surface area contributed by atoms with E-state index in [0.717, 1.165) is 17.7 Å². The molecule has 1 aromatic heterocycles. The first-order valence-corrected chi connectivity index (χ1v) is 8.87. The van der Waals surface area contributed by atoms with E-state index in [0.29, 0.717) is 12.2 Å². The van der Waals surface area contributed by atoms with Gasteiger partial charge in [0, 0.05) is 11.1 Å². The molecule has 0 aliphatic heterocycles. The van der Waals surface area contributed by atoms with E-state index < -0.39 is 15.8 Å². The summed E-state index contributed by atoms with van der Waals surface area (Å²) < 4.78 is 27.3. The predicted molar refractivity (Wildman–Crippen MR) is 75.1 cm³/mol. The van der Waals surface area contributed by atoms with E-state index in [2.05, 4.69) is 0 Å². The molecule has 1 rings (SSSR count). The summed E-state index contributed by atoms with van der Waals surface area (Å²) in [6.45, 7) is 2.22. The molecule has 0 aliphatic carbocycles. The van der Waals surface area contributed by atoms with Crippen molar-refractivity contribution in [1.29, 1.82) is 0 Å². The maximum Gasteiger partial charge on any atom is 0.349 e. The first kappa shape index (κ1) is 16.0. The summed E-state index contributed by atoms with van der Waals surface area (Å²) in [5, 5.41) is 9.07. The quantitative estimate of drug-likeness (QED) is 0.745. The van der Waals surface area contributed by atoms with Gasteiger partial charge in [0.05, 0.1) is 12.4 Å². The first-order valence-electron chi connectivity index (χ1n) is 6.00. The van der Waals surface area contributed by atoms with E-state index in [1.165, 1.54) is 17.6 Å². The second-order valence-corrected chi connectivity index (χ2v) is 7.69. The molecule has 7 heteroatoms. The van der Waals surface area contributed by atoms with Gasteiger partial charge in [-0.15, -0.1) is 11.3 Å². The fourth-order valence-corrected chi connectivity index (χ4v) is 3.23. The van der Waals surface area contributed by atoms with Gasteiger partial charge in [-0.05, 0) is 18.9 Å². The molecule has 0 saturated heterocycles.